The van der Waals surface area contributed by atoms with E-state index in [1.165, 1.54) is 31.5 Å². The van der Waals surface area contributed by atoms with Gasteiger partial charge in [0.2, 0.25) is 0 Å². The molecular formula is C14H10ClFN2O3. The minimum Gasteiger partial charge on any atom is -0.465 e. The fourth-order valence-corrected chi connectivity index (χ4v) is 1.79. The number of nitrogens with zero attached hydrogens (tertiary/aromatic N) is 1. The molecule has 0 radical (unpaired) electrons. The molecule has 0 bridgehead atoms. The Kier molecular flexibility index (Phi) is 4.49. The van der Waals surface area contributed by atoms with E-state index in [9.17, 15) is 14.0 Å². The molecule has 0 fully saturated rings. The van der Waals surface area contributed by atoms with E-state index in [-0.39, 0.29) is 16.3 Å². The van der Waals surface area contributed by atoms with Gasteiger partial charge in [0.05, 0.1) is 18.2 Å². The van der Waals surface area contributed by atoms with Crippen LogP contribution in [0.25, 0.3) is 0 Å². The SMILES string of the molecule is COC(=O)c1cccc(NC(=O)c2ccnc(Cl)c2F)c1. The number of anilines is 1. The van der Waals surface area contributed by atoms with E-state index in [1.54, 1.807) is 12.1 Å². The first-order valence-electron chi connectivity index (χ1n) is 5.82. The smallest absolute Gasteiger partial charge is 0.337 e. The fourth-order valence-electron chi connectivity index (χ4n) is 1.63. The molecule has 0 saturated carbocycles. The van der Waals surface area contributed by atoms with Crippen LogP contribution in [0.5, 0.6) is 0 Å². The highest BCUT2D eigenvalue weighted by Crippen LogP contribution is 2.17. The van der Waals surface area contributed by atoms with Gasteiger partial charge >= 0.3 is 5.97 Å². The summed E-state index contributed by atoms with van der Waals surface area (Å²) in [6, 6.07) is 7.29. The van der Waals surface area contributed by atoms with Gasteiger partial charge in [-0.2, -0.15) is 0 Å². The molecule has 2 aromatic rings. The molecule has 1 aromatic heterocycles. The Morgan fingerprint density at radius 2 is 2.10 bits per heavy atom. The van der Waals surface area contributed by atoms with Crippen LogP contribution in [0, 0.1) is 5.82 Å². The van der Waals surface area contributed by atoms with Crippen LogP contribution in [-0.4, -0.2) is 24.0 Å². The number of nitrogens with one attached hydrogen (secondary N) is 1. The maximum atomic E-state index is 13.7. The summed E-state index contributed by atoms with van der Waals surface area (Å²) < 4.78 is 18.3. The topological polar surface area (TPSA) is 68.3 Å². The number of rotatable bonds is 3. The molecule has 0 unspecified atom stereocenters. The molecule has 0 atom stereocenters. The molecule has 0 saturated heterocycles. The third kappa shape index (κ3) is 3.35. The van der Waals surface area contributed by atoms with E-state index in [4.69, 9.17) is 11.6 Å². The van der Waals surface area contributed by atoms with Crippen molar-refractivity contribution in [3.63, 3.8) is 0 Å². The van der Waals surface area contributed by atoms with Gasteiger partial charge < -0.3 is 10.1 Å². The molecule has 1 aromatic carbocycles. The van der Waals surface area contributed by atoms with Gasteiger partial charge in [-0.3, -0.25) is 4.79 Å². The predicted octanol–water partition coefficient (Wildman–Crippen LogP) is 2.91. The van der Waals surface area contributed by atoms with E-state index in [2.05, 4.69) is 15.0 Å². The van der Waals surface area contributed by atoms with E-state index in [0.29, 0.717) is 5.69 Å². The summed E-state index contributed by atoms with van der Waals surface area (Å²) >= 11 is 5.52. The summed E-state index contributed by atoms with van der Waals surface area (Å²) in [7, 11) is 1.25. The van der Waals surface area contributed by atoms with Crippen LogP contribution in [0.3, 0.4) is 0 Å². The van der Waals surface area contributed by atoms with Gasteiger partial charge in [-0.25, -0.2) is 14.2 Å². The Hall–Kier alpha value is -2.47. The molecule has 1 amide bonds. The first kappa shape index (κ1) is 14.9. The molecule has 5 nitrogen and oxygen atoms in total. The number of amides is 1. The molecule has 0 aliphatic heterocycles. The van der Waals surface area contributed by atoms with Gasteiger partial charge in [0, 0.05) is 11.9 Å². The summed E-state index contributed by atoms with van der Waals surface area (Å²) in [5.41, 5.74) is 0.359. The van der Waals surface area contributed by atoms with Crippen LogP contribution in [0.2, 0.25) is 5.15 Å². The number of methoxy groups -OCH3 is 1. The summed E-state index contributed by atoms with van der Waals surface area (Å²) in [6.07, 6.45) is 1.23. The highest BCUT2D eigenvalue weighted by molar-refractivity contribution is 6.30. The number of esters is 1. The Bertz CT molecular complexity index is 706. The lowest BCUT2D eigenvalue weighted by Gasteiger charge is -2.07. The van der Waals surface area contributed by atoms with Crippen LogP contribution in [-0.2, 0) is 4.74 Å². The van der Waals surface area contributed by atoms with Crippen molar-refractivity contribution in [3.8, 4) is 0 Å². The largest absolute Gasteiger partial charge is 0.465 e. The number of halogens is 2. The van der Waals surface area contributed by atoms with Crippen molar-refractivity contribution < 1.29 is 18.7 Å². The number of aromatic nitrogens is 1. The maximum Gasteiger partial charge on any atom is 0.337 e. The normalized spacial score (nSPS) is 10.0. The molecule has 7 heteroatoms. The van der Waals surface area contributed by atoms with Gasteiger partial charge in [0.1, 0.15) is 0 Å². The second-order valence-electron chi connectivity index (χ2n) is 3.99. The molecular weight excluding hydrogens is 299 g/mol. The first-order chi connectivity index (χ1) is 10.0. The van der Waals surface area contributed by atoms with Gasteiger partial charge in [-0.15, -0.1) is 0 Å². The third-order valence-electron chi connectivity index (χ3n) is 2.63. The number of hydrogen-bond donors (Lipinski definition) is 1. The van der Waals surface area contributed by atoms with Crippen molar-refractivity contribution in [1.29, 1.82) is 0 Å². The predicted molar refractivity (Wildman–Crippen MR) is 74.9 cm³/mol. The summed E-state index contributed by atoms with van der Waals surface area (Å²) in [6.45, 7) is 0. The van der Waals surface area contributed by atoms with E-state index >= 15 is 0 Å². The fraction of sp³-hybridized carbons (Fsp3) is 0.0714. The average Bonchev–Trinajstić information content (AvgIpc) is 2.49. The monoisotopic (exact) mass is 308 g/mol. The van der Waals surface area contributed by atoms with Crippen LogP contribution >= 0.6 is 11.6 Å². The number of carbonyl (C=O) groups excluding carboxylic acids is 2. The van der Waals surface area contributed by atoms with Crippen LogP contribution in [0.15, 0.2) is 36.5 Å². The lowest BCUT2D eigenvalue weighted by atomic mass is 10.2. The van der Waals surface area contributed by atoms with Crippen LogP contribution in [0.1, 0.15) is 20.7 Å². The molecule has 0 aliphatic carbocycles. The number of carbonyl (C=O) groups is 2. The van der Waals surface area contributed by atoms with Gasteiger partial charge in [-0.1, -0.05) is 17.7 Å². The number of pyridine rings is 1. The van der Waals surface area contributed by atoms with Crippen LogP contribution < -0.4 is 5.32 Å². The second-order valence-corrected chi connectivity index (χ2v) is 4.35. The second kappa shape index (κ2) is 6.32. The van der Waals surface area contributed by atoms with Crippen molar-refractivity contribution >= 4 is 29.2 Å². The molecule has 108 valence electrons. The molecule has 1 N–H and O–H groups in total. The summed E-state index contributed by atoms with van der Waals surface area (Å²) in [5, 5.41) is 2.09. The zero-order chi connectivity index (χ0) is 15.4. The molecule has 0 aliphatic rings. The maximum absolute atomic E-state index is 13.7. The van der Waals surface area contributed by atoms with E-state index in [1.807, 2.05) is 0 Å². The lowest BCUT2D eigenvalue weighted by molar-refractivity contribution is 0.0600. The highest BCUT2D eigenvalue weighted by Gasteiger charge is 2.15. The Morgan fingerprint density at radius 3 is 2.81 bits per heavy atom. The van der Waals surface area contributed by atoms with Crippen molar-refractivity contribution in [1.82, 2.24) is 4.98 Å². The summed E-state index contributed by atoms with van der Waals surface area (Å²) in [5.74, 6) is -2.14. The Labute approximate surface area is 124 Å². The number of hydrogen-bond acceptors (Lipinski definition) is 4. The van der Waals surface area contributed by atoms with Crippen molar-refractivity contribution in [2.24, 2.45) is 0 Å². The van der Waals surface area contributed by atoms with Crippen molar-refractivity contribution in [2.75, 3.05) is 12.4 Å². The minimum atomic E-state index is -0.902. The molecule has 0 spiro atoms. The molecule has 2 rings (SSSR count). The van der Waals surface area contributed by atoms with Crippen molar-refractivity contribution in [2.45, 2.75) is 0 Å². The zero-order valence-corrected chi connectivity index (χ0v) is 11.6. The Balaban J connectivity index is 2.24. The third-order valence-corrected chi connectivity index (χ3v) is 2.90. The average molecular weight is 309 g/mol. The highest BCUT2D eigenvalue weighted by atomic mass is 35.5. The van der Waals surface area contributed by atoms with E-state index in [0.717, 1.165) is 0 Å². The Morgan fingerprint density at radius 1 is 1.33 bits per heavy atom. The first-order valence-corrected chi connectivity index (χ1v) is 6.20. The van der Waals surface area contributed by atoms with Gasteiger partial charge in [0.15, 0.2) is 11.0 Å². The van der Waals surface area contributed by atoms with Crippen molar-refractivity contribution in [3.05, 3.63) is 58.6 Å². The number of benzene rings is 1. The summed E-state index contributed by atoms with van der Waals surface area (Å²) in [4.78, 5) is 26.9. The minimum absolute atomic E-state index is 0.238. The quantitative estimate of drug-likeness (QED) is 0.699. The zero-order valence-electron chi connectivity index (χ0n) is 10.9. The lowest BCUT2D eigenvalue weighted by Crippen LogP contribution is -2.14. The standard InChI is InChI=1S/C14H10ClFN2O3/c1-21-14(20)8-3-2-4-9(7-8)18-13(19)10-5-6-17-12(15)11(10)16/h2-7H,1H3,(H,18,19). The molecule has 21 heavy (non-hydrogen) atoms. The van der Waals surface area contributed by atoms with Gasteiger partial charge in [0.25, 0.3) is 5.91 Å². The van der Waals surface area contributed by atoms with E-state index < -0.39 is 17.7 Å². The number of ether oxygens (including phenoxy) is 1. The molecule has 1 heterocycles. The van der Waals surface area contributed by atoms with Crippen LogP contribution in [0.4, 0.5) is 10.1 Å². The van der Waals surface area contributed by atoms with Gasteiger partial charge in [-0.05, 0) is 24.3 Å².